The molecule has 70 valence electrons. The Bertz CT molecular complexity index is 292. The van der Waals surface area contributed by atoms with Crippen molar-refractivity contribution in [2.75, 3.05) is 0 Å². The highest BCUT2D eigenvalue weighted by Gasteiger charge is 2.50. The second-order valence-electron chi connectivity index (χ2n) is 4.64. The molecule has 0 N–H and O–H groups in total. The summed E-state index contributed by atoms with van der Waals surface area (Å²) in [6.07, 6.45) is 5.96. The molecule has 3 rings (SSSR count). The standard InChI is InChI=1S/C11H14O2/c1-6-4-7-2-3-9-10(7)8(5-6)11(12)13-9/h5-7,9-10H,2-4H2,1H3/t6-,7+,9+,10+/m1/s1. The highest BCUT2D eigenvalue weighted by atomic mass is 16.6. The van der Waals surface area contributed by atoms with E-state index in [1.807, 2.05) is 0 Å². The zero-order chi connectivity index (χ0) is 9.00. The van der Waals surface area contributed by atoms with E-state index in [2.05, 4.69) is 13.0 Å². The molecule has 0 unspecified atom stereocenters. The van der Waals surface area contributed by atoms with Crippen molar-refractivity contribution >= 4 is 5.97 Å². The largest absolute Gasteiger partial charge is 0.458 e. The van der Waals surface area contributed by atoms with Gasteiger partial charge in [0.2, 0.25) is 0 Å². The monoisotopic (exact) mass is 178 g/mol. The molecule has 0 aromatic rings. The maximum Gasteiger partial charge on any atom is 0.334 e. The van der Waals surface area contributed by atoms with Crippen molar-refractivity contribution in [2.45, 2.75) is 32.3 Å². The van der Waals surface area contributed by atoms with Gasteiger partial charge in [-0.05, 0) is 31.1 Å². The molecular weight excluding hydrogens is 164 g/mol. The van der Waals surface area contributed by atoms with Crippen LogP contribution in [0.1, 0.15) is 26.2 Å². The number of ether oxygens (including phenoxy) is 1. The first-order valence-electron chi connectivity index (χ1n) is 5.18. The summed E-state index contributed by atoms with van der Waals surface area (Å²) in [6, 6.07) is 0. The molecule has 3 aliphatic rings. The van der Waals surface area contributed by atoms with Crippen LogP contribution in [0.3, 0.4) is 0 Å². The van der Waals surface area contributed by atoms with Crippen molar-refractivity contribution in [3.8, 4) is 0 Å². The van der Waals surface area contributed by atoms with Gasteiger partial charge in [0, 0.05) is 11.5 Å². The zero-order valence-electron chi connectivity index (χ0n) is 7.82. The Morgan fingerprint density at radius 2 is 2.31 bits per heavy atom. The van der Waals surface area contributed by atoms with E-state index in [1.165, 1.54) is 12.8 Å². The number of carbonyl (C=O) groups is 1. The van der Waals surface area contributed by atoms with E-state index in [-0.39, 0.29) is 12.1 Å². The lowest BCUT2D eigenvalue weighted by Crippen LogP contribution is -2.21. The van der Waals surface area contributed by atoms with E-state index in [0.717, 1.165) is 17.9 Å². The fraction of sp³-hybridized carbons (Fsp3) is 0.727. The fourth-order valence-corrected chi connectivity index (χ4v) is 3.26. The summed E-state index contributed by atoms with van der Waals surface area (Å²) in [7, 11) is 0. The van der Waals surface area contributed by atoms with Crippen LogP contribution < -0.4 is 0 Å². The van der Waals surface area contributed by atoms with Crippen LogP contribution in [0, 0.1) is 17.8 Å². The molecule has 1 aliphatic heterocycles. The molecule has 2 aliphatic carbocycles. The second kappa shape index (κ2) is 2.37. The Morgan fingerprint density at radius 3 is 3.15 bits per heavy atom. The van der Waals surface area contributed by atoms with Gasteiger partial charge in [0.1, 0.15) is 6.10 Å². The lowest BCUT2D eigenvalue weighted by molar-refractivity contribution is -0.138. The highest BCUT2D eigenvalue weighted by Crippen LogP contribution is 2.49. The molecule has 0 radical (unpaired) electrons. The van der Waals surface area contributed by atoms with Crippen LogP contribution >= 0.6 is 0 Å². The van der Waals surface area contributed by atoms with E-state index in [1.54, 1.807) is 0 Å². The van der Waals surface area contributed by atoms with Gasteiger partial charge in [0.05, 0.1) is 0 Å². The molecule has 4 atom stereocenters. The maximum absolute atomic E-state index is 11.5. The minimum atomic E-state index is -0.0359. The Kier molecular flexibility index (Phi) is 1.38. The molecule has 13 heavy (non-hydrogen) atoms. The third kappa shape index (κ3) is 0.917. The first-order valence-corrected chi connectivity index (χ1v) is 5.18. The van der Waals surface area contributed by atoms with E-state index in [0.29, 0.717) is 11.8 Å². The molecule has 2 nitrogen and oxygen atoms in total. The molecule has 0 bridgehead atoms. The lowest BCUT2D eigenvalue weighted by atomic mass is 9.77. The average molecular weight is 178 g/mol. The second-order valence-corrected chi connectivity index (χ2v) is 4.64. The van der Waals surface area contributed by atoms with Crippen molar-refractivity contribution < 1.29 is 9.53 Å². The van der Waals surface area contributed by atoms with E-state index in [4.69, 9.17) is 4.74 Å². The number of hydrogen-bond donors (Lipinski definition) is 0. The van der Waals surface area contributed by atoms with Crippen LogP contribution in [0.15, 0.2) is 11.6 Å². The number of allylic oxidation sites excluding steroid dienone is 1. The van der Waals surface area contributed by atoms with Crippen LogP contribution in [0.4, 0.5) is 0 Å². The topological polar surface area (TPSA) is 26.3 Å². The molecule has 1 saturated carbocycles. The molecule has 2 heteroatoms. The first-order chi connectivity index (χ1) is 6.25. The van der Waals surface area contributed by atoms with E-state index < -0.39 is 0 Å². The van der Waals surface area contributed by atoms with Crippen LogP contribution in [-0.2, 0) is 9.53 Å². The van der Waals surface area contributed by atoms with Crippen molar-refractivity contribution in [1.29, 1.82) is 0 Å². The molecule has 1 saturated heterocycles. The predicted octanol–water partition coefficient (Wildman–Crippen LogP) is 1.90. The maximum atomic E-state index is 11.5. The van der Waals surface area contributed by atoms with Gasteiger partial charge in [0.15, 0.2) is 0 Å². The fourth-order valence-electron chi connectivity index (χ4n) is 3.26. The predicted molar refractivity (Wildman–Crippen MR) is 48.0 cm³/mol. The summed E-state index contributed by atoms with van der Waals surface area (Å²) >= 11 is 0. The van der Waals surface area contributed by atoms with Gasteiger partial charge in [-0.3, -0.25) is 0 Å². The quantitative estimate of drug-likeness (QED) is 0.529. The Hall–Kier alpha value is -0.790. The molecular formula is C11H14O2. The molecule has 0 amide bonds. The van der Waals surface area contributed by atoms with Gasteiger partial charge in [-0.2, -0.15) is 0 Å². The van der Waals surface area contributed by atoms with Crippen LogP contribution in [-0.4, -0.2) is 12.1 Å². The minimum absolute atomic E-state index is 0.0359. The smallest absolute Gasteiger partial charge is 0.334 e. The summed E-state index contributed by atoms with van der Waals surface area (Å²) < 4.78 is 5.34. The van der Waals surface area contributed by atoms with Crippen molar-refractivity contribution in [3.63, 3.8) is 0 Å². The number of esters is 1. The van der Waals surface area contributed by atoms with Gasteiger partial charge in [-0.1, -0.05) is 13.0 Å². The van der Waals surface area contributed by atoms with Crippen molar-refractivity contribution in [2.24, 2.45) is 17.8 Å². The lowest BCUT2D eigenvalue weighted by Gasteiger charge is -2.25. The molecule has 0 aromatic carbocycles. The summed E-state index contributed by atoms with van der Waals surface area (Å²) in [6.45, 7) is 2.20. The Balaban J connectivity index is 2.05. The first kappa shape index (κ1) is 7.60. The third-order valence-corrected chi connectivity index (χ3v) is 3.72. The molecule has 0 aromatic heterocycles. The summed E-state index contributed by atoms with van der Waals surface area (Å²) in [5, 5.41) is 0. The van der Waals surface area contributed by atoms with Gasteiger partial charge < -0.3 is 4.74 Å². The Labute approximate surface area is 78.0 Å². The van der Waals surface area contributed by atoms with Crippen LogP contribution in [0.2, 0.25) is 0 Å². The average Bonchev–Trinajstić information content (AvgIpc) is 2.59. The van der Waals surface area contributed by atoms with Gasteiger partial charge in [0.25, 0.3) is 0 Å². The summed E-state index contributed by atoms with van der Waals surface area (Å²) in [5.41, 5.74) is 0.992. The SMILES string of the molecule is C[C@H]1C=C2C(=O)O[C@H]3CC[C@@H](C1)[C@@H]23. The van der Waals surface area contributed by atoms with Crippen LogP contribution in [0.25, 0.3) is 0 Å². The summed E-state index contributed by atoms with van der Waals surface area (Å²) in [4.78, 5) is 11.5. The van der Waals surface area contributed by atoms with Crippen LogP contribution in [0.5, 0.6) is 0 Å². The Morgan fingerprint density at radius 1 is 1.46 bits per heavy atom. The zero-order valence-corrected chi connectivity index (χ0v) is 7.82. The van der Waals surface area contributed by atoms with Gasteiger partial charge in [-0.25, -0.2) is 4.79 Å². The summed E-state index contributed by atoms with van der Waals surface area (Å²) in [5.74, 6) is 1.72. The van der Waals surface area contributed by atoms with Crippen molar-refractivity contribution in [3.05, 3.63) is 11.6 Å². The number of carbonyl (C=O) groups excluding carboxylic acids is 1. The third-order valence-electron chi connectivity index (χ3n) is 3.72. The molecule has 2 fully saturated rings. The molecule has 0 spiro atoms. The molecule has 1 heterocycles. The number of rotatable bonds is 0. The van der Waals surface area contributed by atoms with E-state index >= 15 is 0 Å². The van der Waals surface area contributed by atoms with Gasteiger partial charge >= 0.3 is 5.97 Å². The van der Waals surface area contributed by atoms with Crippen molar-refractivity contribution in [1.82, 2.24) is 0 Å². The number of hydrogen-bond acceptors (Lipinski definition) is 2. The van der Waals surface area contributed by atoms with Gasteiger partial charge in [-0.15, -0.1) is 0 Å². The highest BCUT2D eigenvalue weighted by molar-refractivity contribution is 5.92. The minimum Gasteiger partial charge on any atom is -0.458 e. The van der Waals surface area contributed by atoms with E-state index in [9.17, 15) is 4.79 Å². The normalized spacial score (nSPS) is 47.2.